The molecule has 6 nitrogen and oxygen atoms in total. The molecule has 0 saturated heterocycles. The van der Waals surface area contributed by atoms with Gasteiger partial charge in [-0.3, -0.25) is 4.79 Å². The average molecular weight is 508 g/mol. The van der Waals surface area contributed by atoms with Crippen molar-refractivity contribution in [1.29, 1.82) is 0 Å². The van der Waals surface area contributed by atoms with Crippen LogP contribution in [0.4, 0.5) is 5.69 Å². The first kappa shape index (κ1) is 24.9. The number of hydrogen-bond acceptors (Lipinski definition) is 5. The van der Waals surface area contributed by atoms with Crippen molar-refractivity contribution in [2.75, 3.05) is 18.0 Å². The summed E-state index contributed by atoms with van der Waals surface area (Å²) in [5, 5.41) is 0.766. The van der Waals surface area contributed by atoms with Crippen molar-refractivity contribution in [3.05, 3.63) is 81.3 Å². The van der Waals surface area contributed by atoms with E-state index in [1.165, 1.54) is 37.4 Å². The van der Waals surface area contributed by atoms with Crippen molar-refractivity contribution in [1.82, 2.24) is 0 Å². The monoisotopic (exact) mass is 507 g/mol. The zero-order valence-electron chi connectivity index (χ0n) is 18.6. The smallest absolute Gasteiger partial charge is 0.278 e. The van der Waals surface area contributed by atoms with E-state index in [2.05, 4.69) is 0 Å². The molecule has 0 unspecified atom stereocenters. The number of nitrogens with zero attached hydrogens (tertiary/aromatic N) is 1. The molecule has 0 saturated carbocycles. The summed E-state index contributed by atoms with van der Waals surface area (Å²) in [6, 6.07) is 13.9. The highest BCUT2D eigenvalue weighted by Crippen LogP contribution is 2.32. The van der Waals surface area contributed by atoms with Crippen LogP contribution >= 0.6 is 23.2 Å². The molecule has 0 aliphatic heterocycles. The van der Waals surface area contributed by atoms with Crippen molar-refractivity contribution in [3.8, 4) is 11.5 Å². The van der Waals surface area contributed by atoms with Crippen molar-refractivity contribution >= 4 is 44.8 Å². The standard InChI is InChI=1S/C24H23Cl2NO5S/c1-15-5-8-20(9-6-15)33(29,30)27(18-7-10-22(31-4)21(25)13-18)23(28)14-32-19-11-16(2)24(26)17(3)12-19/h5-13H,14H2,1-4H3. The molecule has 0 bridgehead atoms. The number of anilines is 1. The quantitative estimate of drug-likeness (QED) is 0.408. The van der Waals surface area contributed by atoms with Crippen LogP contribution in [0.3, 0.4) is 0 Å². The summed E-state index contributed by atoms with van der Waals surface area (Å²) in [5.41, 5.74) is 2.52. The largest absolute Gasteiger partial charge is 0.495 e. The maximum atomic E-state index is 13.5. The van der Waals surface area contributed by atoms with Crippen LogP contribution in [0.2, 0.25) is 10.0 Å². The SMILES string of the molecule is COc1ccc(N(C(=O)COc2cc(C)c(Cl)c(C)c2)S(=O)(=O)c2ccc(C)cc2)cc1Cl. The summed E-state index contributed by atoms with van der Waals surface area (Å²) < 4.78 is 38.4. The third-order valence-electron chi connectivity index (χ3n) is 4.93. The van der Waals surface area contributed by atoms with Gasteiger partial charge in [0.15, 0.2) is 6.61 Å². The molecule has 0 fully saturated rings. The molecule has 0 spiro atoms. The van der Waals surface area contributed by atoms with Gasteiger partial charge in [-0.15, -0.1) is 0 Å². The van der Waals surface area contributed by atoms with E-state index in [1.807, 2.05) is 20.8 Å². The number of carbonyl (C=O) groups excluding carboxylic acids is 1. The van der Waals surface area contributed by atoms with Gasteiger partial charge in [0.2, 0.25) is 0 Å². The highest BCUT2D eigenvalue weighted by atomic mass is 35.5. The molecule has 0 heterocycles. The highest BCUT2D eigenvalue weighted by Gasteiger charge is 2.32. The predicted octanol–water partition coefficient (Wildman–Crippen LogP) is 5.73. The minimum atomic E-state index is -4.25. The van der Waals surface area contributed by atoms with Crippen molar-refractivity contribution in [2.24, 2.45) is 0 Å². The van der Waals surface area contributed by atoms with Gasteiger partial charge in [0.1, 0.15) is 11.5 Å². The van der Waals surface area contributed by atoms with Crippen molar-refractivity contribution in [2.45, 2.75) is 25.7 Å². The fourth-order valence-corrected chi connectivity index (χ4v) is 4.97. The molecular formula is C24H23Cl2NO5S. The van der Waals surface area contributed by atoms with Crippen LogP contribution in [0.1, 0.15) is 16.7 Å². The Hall–Kier alpha value is -2.74. The molecular weight excluding hydrogens is 485 g/mol. The Bertz CT molecular complexity index is 1270. The number of aryl methyl sites for hydroxylation is 3. The van der Waals surface area contributed by atoms with E-state index >= 15 is 0 Å². The fourth-order valence-electron chi connectivity index (χ4n) is 3.21. The number of halogens is 2. The molecule has 0 aromatic heterocycles. The third kappa shape index (κ3) is 5.43. The number of rotatable bonds is 7. The average Bonchev–Trinajstić information content (AvgIpc) is 2.76. The second-order valence-corrected chi connectivity index (χ2v) is 10.0. The topological polar surface area (TPSA) is 72.9 Å². The molecule has 3 rings (SSSR count). The Balaban J connectivity index is 2.00. The first-order valence-corrected chi connectivity index (χ1v) is 12.1. The number of carbonyl (C=O) groups is 1. The van der Waals surface area contributed by atoms with Crippen LogP contribution in [0.25, 0.3) is 0 Å². The molecule has 174 valence electrons. The minimum Gasteiger partial charge on any atom is -0.495 e. The molecule has 0 aliphatic carbocycles. The molecule has 0 atom stereocenters. The lowest BCUT2D eigenvalue weighted by atomic mass is 10.1. The van der Waals surface area contributed by atoms with Gasteiger partial charge >= 0.3 is 0 Å². The molecule has 3 aromatic carbocycles. The first-order valence-electron chi connectivity index (χ1n) is 9.92. The van der Waals surface area contributed by atoms with E-state index in [0.717, 1.165) is 16.7 Å². The van der Waals surface area contributed by atoms with Gasteiger partial charge in [0.05, 0.1) is 22.7 Å². The zero-order chi connectivity index (χ0) is 24.3. The Morgan fingerprint density at radius 1 is 0.939 bits per heavy atom. The number of ether oxygens (including phenoxy) is 2. The van der Waals surface area contributed by atoms with Crippen LogP contribution in [-0.2, 0) is 14.8 Å². The number of sulfonamides is 1. The molecule has 9 heteroatoms. The number of benzene rings is 3. The molecule has 3 aromatic rings. The summed E-state index contributed by atoms with van der Waals surface area (Å²) in [6.07, 6.45) is 0. The van der Waals surface area contributed by atoms with Gasteiger partial charge in [-0.1, -0.05) is 40.9 Å². The van der Waals surface area contributed by atoms with E-state index in [9.17, 15) is 13.2 Å². The van der Waals surface area contributed by atoms with Crippen molar-refractivity contribution in [3.63, 3.8) is 0 Å². The minimum absolute atomic E-state index is 0.0356. The second kappa shape index (κ2) is 10.0. The van der Waals surface area contributed by atoms with Gasteiger partial charge in [-0.05, 0) is 74.4 Å². The van der Waals surface area contributed by atoms with E-state index in [1.54, 1.807) is 24.3 Å². The zero-order valence-corrected chi connectivity index (χ0v) is 20.9. The lowest BCUT2D eigenvalue weighted by molar-refractivity contribution is -0.119. The van der Waals surface area contributed by atoms with Gasteiger partial charge in [0, 0.05) is 5.02 Å². The first-order chi connectivity index (χ1) is 15.5. The second-order valence-electron chi connectivity index (χ2n) is 7.45. The normalized spacial score (nSPS) is 11.2. The van der Waals surface area contributed by atoms with E-state index in [0.29, 0.717) is 20.8 Å². The van der Waals surface area contributed by atoms with E-state index in [-0.39, 0.29) is 15.6 Å². The molecule has 0 N–H and O–H groups in total. The molecule has 1 amide bonds. The van der Waals surface area contributed by atoms with Crippen LogP contribution in [0.5, 0.6) is 11.5 Å². The van der Waals surface area contributed by atoms with Gasteiger partial charge in [-0.2, -0.15) is 4.31 Å². The van der Waals surface area contributed by atoms with Gasteiger partial charge in [-0.25, -0.2) is 8.42 Å². The van der Waals surface area contributed by atoms with Gasteiger partial charge < -0.3 is 9.47 Å². The maximum Gasteiger partial charge on any atom is 0.278 e. The number of methoxy groups -OCH3 is 1. The van der Waals surface area contributed by atoms with Crippen LogP contribution < -0.4 is 13.8 Å². The summed E-state index contributed by atoms with van der Waals surface area (Å²) in [7, 11) is -2.81. The Morgan fingerprint density at radius 3 is 2.09 bits per heavy atom. The lowest BCUT2D eigenvalue weighted by Crippen LogP contribution is -2.40. The fraction of sp³-hybridized carbons (Fsp3) is 0.208. The molecule has 0 radical (unpaired) electrons. The summed E-state index contributed by atoms with van der Waals surface area (Å²) in [6.45, 7) is 4.96. The maximum absolute atomic E-state index is 13.5. The summed E-state index contributed by atoms with van der Waals surface area (Å²) in [5.74, 6) is -0.0332. The predicted molar refractivity (Wildman–Crippen MR) is 130 cm³/mol. The summed E-state index contributed by atoms with van der Waals surface area (Å²) >= 11 is 12.4. The molecule has 0 aliphatic rings. The van der Waals surface area contributed by atoms with Crippen molar-refractivity contribution < 1.29 is 22.7 Å². The lowest BCUT2D eigenvalue weighted by Gasteiger charge is -2.23. The van der Waals surface area contributed by atoms with E-state index in [4.69, 9.17) is 32.7 Å². The van der Waals surface area contributed by atoms with Crippen LogP contribution in [-0.4, -0.2) is 28.0 Å². The Kier molecular flexibility index (Phi) is 7.57. The number of hydrogen-bond donors (Lipinski definition) is 0. The van der Waals surface area contributed by atoms with Gasteiger partial charge in [0.25, 0.3) is 15.9 Å². The highest BCUT2D eigenvalue weighted by molar-refractivity contribution is 7.93. The van der Waals surface area contributed by atoms with Crippen LogP contribution in [0.15, 0.2) is 59.5 Å². The van der Waals surface area contributed by atoms with Crippen LogP contribution in [0, 0.1) is 20.8 Å². The third-order valence-corrected chi connectivity index (χ3v) is 7.58. The molecule has 33 heavy (non-hydrogen) atoms. The summed E-state index contributed by atoms with van der Waals surface area (Å²) in [4.78, 5) is 13.2. The van der Waals surface area contributed by atoms with E-state index < -0.39 is 22.5 Å². The number of amides is 1. The Morgan fingerprint density at radius 2 is 1.55 bits per heavy atom. The Labute approximate surface area is 203 Å².